The van der Waals surface area contributed by atoms with Crippen LogP contribution >= 0.6 is 0 Å². The van der Waals surface area contributed by atoms with Gasteiger partial charge in [0.1, 0.15) is 0 Å². The molecule has 0 amide bonds. The van der Waals surface area contributed by atoms with Crippen molar-refractivity contribution in [2.24, 2.45) is 11.7 Å². The minimum Gasteiger partial charge on any atom is -0.329 e. The Morgan fingerprint density at radius 2 is 2.00 bits per heavy atom. The number of halogens is 2. The molecule has 1 aromatic rings. The van der Waals surface area contributed by atoms with Crippen molar-refractivity contribution in [3.63, 3.8) is 0 Å². The molecule has 2 unspecified atom stereocenters. The van der Waals surface area contributed by atoms with Crippen molar-refractivity contribution in [3.8, 4) is 0 Å². The lowest BCUT2D eigenvalue weighted by Crippen LogP contribution is -2.38. The van der Waals surface area contributed by atoms with Crippen molar-refractivity contribution in [1.82, 2.24) is 4.90 Å². The molecular formula is C14H20F2N2. The van der Waals surface area contributed by atoms with Crippen molar-refractivity contribution < 1.29 is 8.78 Å². The summed E-state index contributed by atoms with van der Waals surface area (Å²) in [5, 5.41) is 0. The quantitative estimate of drug-likeness (QED) is 0.875. The first-order chi connectivity index (χ1) is 8.54. The number of hydrogen-bond acceptors (Lipinski definition) is 2. The van der Waals surface area contributed by atoms with E-state index in [1.807, 2.05) is 7.05 Å². The predicted molar refractivity (Wildman–Crippen MR) is 68.1 cm³/mol. The smallest absolute Gasteiger partial charge is 0.159 e. The number of likely N-dealkylation sites (N-methyl/N-ethyl adjacent to an activating group) is 1. The van der Waals surface area contributed by atoms with Crippen LogP contribution in [0.25, 0.3) is 0 Å². The summed E-state index contributed by atoms with van der Waals surface area (Å²) in [6.07, 6.45) is 2.50. The third-order valence-electron chi connectivity index (χ3n) is 3.99. The third-order valence-corrected chi connectivity index (χ3v) is 3.99. The van der Waals surface area contributed by atoms with Crippen molar-refractivity contribution in [2.45, 2.75) is 31.8 Å². The number of benzene rings is 1. The van der Waals surface area contributed by atoms with Gasteiger partial charge in [0.2, 0.25) is 0 Å². The summed E-state index contributed by atoms with van der Waals surface area (Å²) in [5.74, 6) is -0.903. The van der Waals surface area contributed by atoms with E-state index in [2.05, 4.69) is 11.8 Å². The number of rotatable bonds is 5. The van der Waals surface area contributed by atoms with E-state index in [1.54, 1.807) is 6.07 Å². The fraction of sp³-hybridized carbons (Fsp3) is 0.571. The zero-order valence-corrected chi connectivity index (χ0v) is 10.9. The molecule has 0 radical (unpaired) electrons. The Kier molecular flexibility index (Phi) is 3.97. The Balaban J connectivity index is 2.18. The van der Waals surface area contributed by atoms with Crippen molar-refractivity contribution in [2.75, 3.05) is 13.6 Å². The van der Waals surface area contributed by atoms with Gasteiger partial charge in [-0.1, -0.05) is 6.07 Å². The molecule has 1 aliphatic rings. The van der Waals surface area contributed by atoms with Crippen LogP contribution in [0, 0.1) is 17.6 Å². The first-order valence-electron chi connectivity index (χ1n) is 6.41. The van der Waals surface area contributed by atoms with Crippen LogP contribution in [0.5, 0.6) is 0 Å². The highest BCUT2D eigenvalue weighted by Crippen LogP contribution is 2.37. The topological polar surface area (TPSA) is 29.3 Å². The number of nitrogens with two attached hydrogens (primary N) is 1. The van der Waals surface area contributed by atoms with Crippen molar-refractivity contribution in [1.29, 1.82) is 0 Å². The molecule has 1 saturated carbocycles. The van der Waals surface area contributed by atoms with Gasteiger partial charge in [-0.25, -0.2) is 8.78 Å². The fourth-order valence-electron chi connectivity index (χ4n) is 2.45. The first-order valence-corrected chi connectivity index (χ1v) is 6.41. The van der Waals surface area contributed by atoms with E-state index in [4.69, 9.17) is 5.73 Å². The fourth-order valence-corrected chi connectivity index (χ4v) is 2.45. The molecule has 1 aliphatic carbocycles. The Morgan fingerprint density at radius 1 is 1.33 bits per heavy atom. The van der Waals surface area contributed by atoms with Gasteiger partial charge in [-0.2, -0.15) is 0 Å². The van der Waals surface area contributed by atoms with Crippen LogP contribution in [-0.4, -0.2) is 24.5 Å². The lowest BCUT2D eigenvalue weighted by molar-refractivity contribution is 0.171. The second-order valence-electron chi connectivity index (χ2n) is 5.17. The summed E-state index contributed by atoms with van der Waals surface area (Å²) in [7, 11) is 2.00. The molecular weight excluding hydrogens is 234 g/mol. The van der Waals surface area contributed by atoms with Crippen molar-refractivity contribution >= 4 is 0 Å². The summed E-state index contributed by atoms with van der Waals surface area (Å²) in [5.41, 5.74) is 6.54. The average molecular weight is 254 g/mol. The van der Waals surface area contributed by atoms with E-state index in [-0.39, 0.29) is 6.04 Å². The minimum atomic E-state index is -0.813. The van der Waals surface area contributed by atoms with Crippen LogP contribution in [0.3, 0.4) is 0 Å². The molecule has 0 heterocycles. The van der Waals surface area contributed by atoms with Gasteiger partial charge in [0.05, 0.1) is 0 Å². The highest BCUT2D eigenvalue weighted by Gasteiger charge is 2.33. The van der Waals surface area contributed by atoms with Gasteiger partial charge in [0, 0.05) is 18.6 Å². The van der Waals surface area contributed by atoms with Crippen molar-refractivity contribution in [3.05, 3.63) is 35.4 Å². The maximum absolute atomic E-state index is 13.3. The average Bonchev–Trinajstić information content (AvgIpc) is 3.17. The van der Waals surface area contributed by atoms with Gasteiger partial charge >= 0.3 is 0 Å². The number of hydrogen-bond donors (Lipinski definition) is 1. The first kappa shape index (κ1) is 13.4. The van der Waals surface area contributed by atoms with E-state index < -0.39 is 11.6 Å². The van der Waals surface area contributed by atoms with Crippen LogP contribution in [0.1, 0.15) is 31.4 Å². The maximum atomic E-state index is 13.3. The van der Waals surface area contributed by atoms with E-state index in [0.717, 1.165) is 5.56 Å². The SMILES string of the molecule is CC(C1CC1)N(C)C(CN)c1ccc(F)c(F)c1. The lowest BCUT2D eigenvalue weighted by Gasteiger charge is -2.33. The monoisotopic (exact) mass is 254 g/mol. The van der Waals surface area contributed by atoms with Gasteiger partial charge in [-0.05, 0) is 50.4 Å². The standard InChI is InChI=1S/C14H20F2N2/c1-9(10-3-4-10)18(2)14(8-17)11-5-6-12(15)13(16)7-11/h5-7,9-10,14H,3-4,8,17H2,1-2H3. The highest BCUT2D eigenvalue weighted by molar-refractivity contribution is 5.22. The second-order valence-corrected chi connectivity index (χ2v) is 5.17. The third kappa shape index (κ3) is 2.70. The normalized spacial score (nSPS) is 19.0. The summed E-state index contributed by atoms with van der Waals surface area (Å²) in [6.45, 7) is 2.57. The summed E-state index contributed by atoms with van der Waals surface area (Å²) in [6, 6.07) is 4.40. The van der Waals surface area contributed by atoms with Crippen LogP contribution < -0.4 is 5.73 Å². The maximum Gasteiger partial charge on any atom is 0.159 e. The Hall–Kier alpha value is -1.00. The molecule has 2 rings (SSSR count). The molecule has 18 heavy (non-hydrogen) atoms. The zero-order chi connectivity index (χ0) is 13.3. The van der Waals surface area contributed by atoms with Crippen LogP contribution in [0.2, 0.25) is 0 Å². The molecule has 0 spiro atoms. The summed E-state index contributed by atoms with van der Waals surface area (Å²) >= 11 is 0. The van der Waals surface area contributed by atoms with Gasteiger partial charge in [0.25, 0.3) is 0 Å². The molecule has 1 fully saturated rings. The summed E-state index contributed by atoms with van der Waals surface area (Å²) < 4.78 is 26.2. The summed E-state index contributed by atoms with van der Waals surface area (Å²) in [4.78, 5) is 2.17. The predicted octanol–water partition coefficient (Wildman–Crippen LogP) is 2.69. The van der Waals surface area contributed by atoms with Crippen LogP contribution in [-0.2, 0) is 0 Å². The molecule has 0 aliphatic heterocycles. The van der Waals surface area contributed by atoms with Gasteiger partial charge < -0.3 is 5.73 Å². The molecule has 0 bridgehead atoms. The molecule has 0 aromatic heterocycles. The number of nitrogens with zero attached hydrogens (tertiary/aromatic N) is 1. The van der Waals surface area contributed by atoms with Gasteiger partial charge in [-0.15, -0.1) is 0 Å². The van der Waals surface area contributed by atoms with E-state index in [0.29, 0.717) is 18.5 Å². The van der Waals surface area contributed by atoms with Gasteiger partial charge in [0.15, 0.2) is 11.6 Å². The second kappa shape index (κ2) is 5.33. The van der Waals surface area contributed by atoms with Crippen LogP contribution in [0.4, 0.5) is 8.78 Å². The molecule has 100 valence electrons. The Labute approximate surface area is 107 Å². The van der Waals surface area contributed by atoms with E-state index in [9.17, 15) is 8.78 Å². The van der Waals surface area contributed by atoms with E-state index in [1.165, 1.54) is 25.0 Å². The van der Waals surface area contributed by atoms with Crippen LogP contribution in [0.15, 0.2) is 18.2 Å². The Morgan fingerprint density at radius 3 is 2.50 bits per heavy atom. The minimum absolute atomic E-state index is 0.0595. The Bertz CT molecular complexity index is 418. The lowest BCUT2D eigenvalue weighted by atomic mass is 10.0. The molecule has 1 aromatic carbocycles. The molecule has 2 N–H and O–H groups in total. The highest BCUT2D eigenvalue weighted by atomic mass is 19.2. The molecule has 2 atom stereocenters. The van der Waals surface area contributed by atoms with Gasteiger partial charge in [-0.3, -0.25) is 4.90 Å². The molecule has 4 heteroatoms. The molecule has 2 nitrogen and oxygen atoms in total. The molecule has 0 saturated heterocycles. The largest absolute Gasteiger partial charge is 0.329 e. The zero-order valence-electron chi connectivity index (χ0n) is 10.9. The van der Waals surface area contributed by atoms with E-state index >= 15 is 0 Å².